The molecule has 0 radical (unpaired) electrons. The van der Waals surface area contributed by atoms with Crippen molar-refractivity contribution in [1.29, 1.82) is 0 Å². The van der Waals surface area contributed by atoms with Crippen LogP contribution in [0, 0.1) is 5.41 Å². The maximum atomic E-state index is 3.55. The number of nitrogens with one attached hydrogen (secondary N) is 1. The standard InChI is InChI=1S/C18H28N2/c1-3-18(4-2)10-12-20(14-18)13-15-7-5-9-17-16(15)8-6-11-19-17/h5,7,9,19H,3-4,6,8,10-14H2,1-2H3. The summed E-state index contributed by atoms with van der Waals surface area (Å²) in [7, 11) is 0. The molecule has 0 spiro atoms. The Balaban J connectivity index is 1.73. The predicted octanol–water partition coefficient (Wildman–Crippen LogP) is 4.06. The minimum Gasteiger partial charge on any atom is -0.385 e. The van der Waals surface area contributed by atoms with Gasteiger partial charge < -0.3 is 5.32 Å². The van der Waals surface area contributed by atoms with Crippen molar-refractivity contribution in [1.82, 2.24) is 4.90 Å². The van der Waals surface area contributed by atoms with E-state index in [-0.39, 0.29) is 0 Å². The third kappa shape index (κ3) is 2.58. The molecule has 0 aliphatic carbocycles. The van der Waals surface area contributed by atoms with Crippen LogP contribution in [0.3, 0.4) is 0 Å². The summed E-state index contributed by atoms with van der Waals surface area (Å²) in [6, 6.07) is 6.80. The molecule has 3 rings (SSSR count). The number of fused-ring (bicyclic) bond motifs is 1. The Hall–Kier alpha value is -1.02. The summed E-state index contributed by atoms with van der Waals surface area (Å²) < 4.78 is 0. The lowest BCUT2D eigenvalue weighted by Crippen LogP contribution is -2.27. The number of hydrogen-bond donors (Lipinski definition) is 1. The lowest BCUT2D eigenvalue weighted by atomic mass is 9.82. The fourth-order valence-electron chi connectivity index (χ4n) is 3.96. The van der Waals surface area contributed by atoms with Crippen molar-refractivity contribution < 1.29 is 0 Å². The highest BCUT2D eigenvalue weighted by molar-refractivity contribution is 5.56. The van der Waals surface area contributed by atoms with Crippen molar-refractivity contribution in [3.05, 3.63) is 29.3 Å². The zero-order valence-electron chi connectivity index (χ0n) is 13.0. The minimum absolute atomic E-state index is 0.590. The van der Waals surface area contributed by atoms with Gasteiger partial charge in [-0.2, -0.15) is 0 Å². The molecule has 110 valence electrons. The first-order chi connectivity index (χ1) is 9.76. The van der Waals surface area contributed by atoms with E-state index in [9.17, 15) is 0 Å². The number of anilines is 1. The summed E-state index contributed by atoms with van der Waals surface area (Å²) in [5.74, 6) is 0. The quantitative estimate of drug-likeness (QED) is 0.889. The van der Waals surface area contributed by atoms with Crippen LogP contribution in [0.15, 0.2) is 18.2 Å². The van der Waals surface area contributed by atoms with Crippen LogP contribution in [0.2, 0.25) is 0 Å². The van der Waals surface area contributed by atoms with Crippen LogP contribution in [0.5, 0.6) is 0 Å². The van der Waals surface area contributed by atoms with Crippen molar-refractivity contribution in [2.24, 2.45) is 5.41 Å². The van der Waals surface area contributed by atoms with Gasteiger partial charge in [0.1, 0.15) is 0 Å². The highest BCUT2D eigenvalue weighted by Gasteiger charge is 2.34. The molecule has 1 aromatic carbocycles. The molecule has 1 saturated heterocycles. The monoisotopic (exact) mass is 272 g/mol. The van der Waals surface area contributed by atoms with Crippen molar-refractivity contribution >= 4 is 5.69 Å². The normalized spacial score (nSPS) is 21.5. The first-order valence-corrected chi connectivity index (χ1v) is 8.33. The fourth-order valence-corrected chi connectivity index (χ4v) is 3.96. The minimum atomic E-state index is 0.590. The number of likely N-dealkylation sites (tertiary alicyclic amines) is 1. The van der Waals surface area contributed by atoms with E-state index < -0.39 is 0 Å². The Morgan fingerprint density at radius 3 is 2.85 bits per heavy atom. The third-order valence-electron chi connectivity index (χ3n) is 5.60. The molecule has 2 heteroatoms. The Bertz CT molecular complexity index is 462. The van der Waals surface area contributed by atoms with E-state index in [1.54, 1.807) is 11.1 Å². The average molecular weight is 272 g/mol. The SMILES string of the molecule is CCC1(CC)CCN(Cc2cccc3c2CCCN3)C1. The second-order valence-corrected chi connectivity index (χ2v) is 6.64. The average Bonchev–Trinajstić information content (AvgIpc) is 2.92. The maximum absolute atomic E-state index is 3.55. The van der Waals surface area contributed by atoms with E-state index in [1.165, 1.54) is 50.9 Å². The number of nitrogens with zero attached hydrogens (tertiary/aromatic N) is 1. The number of rotatable bonds is 4. The van der Waals surface area contributed by atoms with Crippen LogP contribution in [0.25, 0.3) is 0 Å². The van der Waals surface area contributed by atoms with Gasteiger partial charge in [-0.15, -0.1) is 0 Å². The largest absolute Gasteiger partial charge is 0.385 e. The number of benzene rings is 1. The van der Waals surface area contributed by atoms with E-state index in [2.05, 4.69) is 42.3 Å². The zero-order valence-corrected chi connectivity index (χ0v) is 13.0. The molecular weight excluding hydrogens is 244 g/mol. The first kappa shape index (κ1) is 13.9. The summed E-state index contributed by atoms with van der Waals surface area (Å²) >= 11 is 0. The fraction of sp³-hybridized carbons (Fsp3) is 0.667. The van der Waals surface area contributed by atoms with Crippen LogP contribution >= 0.6 is 0 Å². The predicted molar refractivity (Wildman–Crippen MR) is 86.2 cm³/mol. The van der Waals surface area contributed by atoms with Crippen LogP contribution < -0.4 is 5.32 Å². The third-order valence-corrected chi connectivity index (χ3v) is 5.60. The molecule has 2 nitrogen and oxygen atoms in total. The molecule has 0 atom stereocenters. The van der Waals surface area contributed by atoms with Gasteiger partial charge in [-0.05, 0) is 61.3 Å². The van der Waals surface area contributed by atoms with Gasteiger partial charge in [-0.1, -0.05) is 26.0 Å². The van der Waals surface area contributed by atoms with E-state index in [4.69, 9.17) is 0 Å². The molecule has 2 aliphatic rings. The molecular formula is C18H28N2. The van der Waals surface area contributed by atoms with Crippen LogP contribution in [-0.4, -0.2) is 24.5 Å². The molecule has 1 fully saturated rings. The second-order valence-electron chi connectivity index (χ2n) is 6.64. The van der Waals surface area contributed by atoms with Gasteiger partial charge in [-0.25, -0.2) is 0 Å². The summed E-state index contributed by atoms with van der Waals surface area (Å²) in [5.41, 5.74) is 5.10. The van der Waals surface area contributed by atoms with Crippen molar-refractivity contribution in [2.45, 2.75) is 52.5 Å². The molecule has 0 bridgehead atoms. The second kappa shape index (κ2) is 5.77. The molecule has 2 heterocycles. The van der Waals surface area contributed by atoms with Crippen LogP contribution in [-0.2, 0) is 13.0 Å². The van der Waals surface area contributed by atoms with Gasteiger partial charge in [-0.3, -0.25) is 4.90 Å². The summed E-state index contributed by atoms with van der Waals surface area (Å²) in [4.78, 5) is 2.68. The summed E-state index contributed by atoms with van der Waals surface area (Å²) in [6.45, 7) is 9.57. The molecule has 20 heavy (non-hydrogen) atoms. The lowest BCUT2D eigenvalue weighted by Gasteiger charge is -2.27. The number of hydrogen-bond acceptors (Lipinski definition) is 2. The van der Waals surface area contributed by atoms with E-state index in [0.29, 0.717) is 5.41 Å². The molecule has 2 aliphatic heterocycles. The summed E-state index contributed by atoms with van der Waals surface area (Å²) in [6.07, 6.45) is 6.56. The Labute approximate surface area is 123 Å². The van der Waals surface area contributed by atoms with Crippen LogP contribution in [0.4, 0.5) is 5.69 Å². The van der Waals surface area contributed by atoms with Crippen LogP contribution in [0.1, 0.15) is 50.7 Å². The van der Waals surface area contributed by atoms with E-state index in [0.717, 1.165) is 13.1 Å². The van der Waals surface area contributed by atoms with Crippen molar-refractivity contribution in [3.63, 3.8) is 0 Å². The van der Waals surface area contributed by atoms with Gasteiger partial charge in [0.2, 0.25) is 0 Å². The highest BCUT2D eigenvalue weighted by Crippen LogP contribution is 2.38. The summed E-state index contributed by atoms with van der Waals surface area (Å²) in [5, 5.41) is 3.55. The van der Waals surface area contributed by atoms with E-state index >= 15 is 0 Å². The molecule has 1 N–H and O–H groups in total. The molecule has 0 unspecified atom stereocenters. The van der Waals surface area contributed by atoms with Gasteiger partial charge in [0, 0.05) is 25.3 Å². The highest BCUT2D eigenvalue weighted by atomic mass is 15.2. The smallest absolute Gasteiger partial charge is 0.0375 e. The first-order valence-electron chi connectivity index (χ1n) is 8.33. The molecule has 0 amide bonds. The lowest BCUT2D eigenvalue weighted by molar-refractivity contribution is 0.236. The maximum Gasteiger partial charge on any atom is 0.0375 e. The van der Waals surface area contributed by atoms with Gasteiger partial charge in [0.25, 0.3) is 0 Å². The molecule has 0 saturated carbocycles. The Morgan fingerprint density at radius 2 is 2.10 bits per heavy atom. The Kier molecular flexibility index (Phi) is 4.02. The van der Waals surface area contributed by atoms with Gasteiger partial charge in [0.05, 0.1) is 0 Å². The Morgan fingerprint density at radius 1 is 1.25 bits per heavy atom. The van der Waals surface area contributed by atoms with Gasteiger partial charge in [0.15, 0.2) is 0 Å². The van der Waals surface area contributed by atoms with Gasteiger partial charge >= 0.3 is 0 Å². The topological polar surface area (TPSA) is 15.3 Å². The van der Waals surface area contributed by atoms with Crippen molar-refractivity contribution in [2.75, 3.05) is 25.0 Å². The van der Waals surface area contributed by atoms with Crippen molar-refractivity contribution in [3.8, 4) is 0 Å². The zero-order chi connectivity index (χ0) is 14.0. The molecule has 1 aromatic rings. The van der Waals surface area contributed by atoms with E-state index in [1.807, 2.05) is 0 Å². The molecule has 0 aromatic heterocycles.